The average molecular weight is 499 g/mol. The number of carbonyl (C=O) groups excluding carboxylic acids is 1. The highest BCUT2D eigenvalue weighted by Crippen LogP contribution is 2.45. The molecule has 11 heteroatoms. The summed E-state index contributed by atoms with van der Waals surface area (Å²) in [4.78, 5) is 31.2. The van der Waals surface area contributed by atoms with Crippen LogP contribution in [0.3, 0.4) is 0 Å². The number of nitrogen functional groups attached to an aromatic ring is 1. The van der Waals surface area contributed by atoms with Crippen molar-refractivity contribution in [3.8, 4) is 17.3 Å². The fourth-order valence-electron chi connectivity index (χ4n) is 4.64. The molecule has 1 aliphatic heterocycles. The zero-order chi connectivity index (χ0) is 25.9. The van der Waals surface area contributed by atoms with Gasteiger partial charge in [-0.05, 0) is 42.3 Å². The van der Waals surface area contributed by atoms with E-state index >= 15 is 0 Å². The van der Waals surface area contributed by atoms with E-state index in [0.717, 1.165) is 11.6 Å². The summed E-state index contributed by atoms with van der Waals surface area (Å²) in [7, 11) is 0. The van der Waals surface area contributed by atoms with Crippen molar-refractivity contribution in [3.63, 3.8) is 0 Å². The summed E-state index contributed by atoms with van der Waals surface area (Å²) in [5.74, 6) is -1.74. The topological polar surface area (TPSA) is 131 Å². The third kappa shape index (κ3) is 3.54. The Balaban J connectivity index is 1.45. The molecular formula is C26H19F2N7O2. The van der Waals surface area contributed by atoms with Crippen LogP contribution in [0, 0.1) is 11.6 Å². The molecule has 5 aromatic rings. The largest absolute Gasteiger partial charge is 0.505 e. The van der Waals surface area contributed by atoms with E-state index in [4.69, 9.17) is 10.7 Å². The third-order valence-electron chi connectivity index (χ3n) is 6.60. The Hall–Kier alpha value is -4.93. The van der Waals surface area contributed by atoms with Crippen LogP contribution in [0.4, 0.5) is 20.4 Å². The van der Waals surface area contributed by atoms with Crippen LogP contribution in [0.15, 0.2) is 61.1 Å². The number of imidazole rings is 1. The molecule has 0 fully saturated rings. The lowest BCUT2D eigenvalue weighted by atomic mass is 9.77. The van der Waals surface area contributed by atoms with E-state index < -0.39 is 22.9 Å². The van der Waals surface area contributed by atoms with Gasteiger partial charge in [0.1, 0.15) is 28.6 Å². The van der Waals surface area contributed by atoms with Crippen molar-refractivity contribution in [3.05, 3.63) is 95.1 Å². The molecule has 0 spiro atoms. The van der Waals surface area contributed by atoms with E-state index in [-0.39, 0.29) is 23.3 Å². The summed E-state index contributed by atoms with van der Waals surface area (Å²) in [6.45, 7) is 1.61. The number of aromatic nitrogens is 5. The Bertz CT molecular complexity index is 1720. The van der Waals surface area contributed by atoms with Crippen LogP contribution >= 0.6 is 0 Å². The van der Waals surface area contributed by atoms with Crippen molar-refractivity contribution in [1.29, 1.82) is 0 Å². The van der Waals surface area contributed by atoms with E-state index in [9.17, 15) is 18.7 Å². The molecule has 37 heavy (non-hydrogen) atoms. The minimum Gasteiger partial charge on any atom is -0.505 e. The monoisotopic (exact) mass is 499 g/mol. The van der Waals surface area contributed by atoms with Gasteiger partial charge >= 0.3 is 0 Å². The van der Waals surface area contributed by atoms with Crippen LogP contribution in [0.5, 0.6) is 5.75 Å². The zero-order valence-electron chi connectivity index (χ0n) is 19.4. The van der Waals surface area contributed by atoms with Gasteiger partial charge in [0.2, 0.25) is 5.91 Å². The summed E-state index contributed by atoms with van der Waals surface area (Å²) < 4.78 is 28.8. The molecule has 0 radical (unpaired) electrons. The van der Waals surface area contributed by atoms with E-state index in [1.54, 1.807) is 42.0 Å². The standard InChI is InChI=1S/C26H19F2N7O2/c1-26(14-4-7-16(28)19(36)11-14)20-21(29)32-22(33-23(20)34-25(26)37)18-12-35-9-8-30-24(35)17(31-18)10-13-2-5-15(27)6-3-13/h2-9,11-12,36H,10H2,1H3,(H3,29,32,33,34,37)/t26-/m1/s1. The van der Waals surface area contributed by atoms with E-state index in [0.29, 0.717) is 34.6 Å². The normalized spacial score (nSPS) is 16.7. The summed E-state index contributed by atoms with van der Waals surface area (Å²) in [6.07, 6.45) is 5.48. The van der Waals surface area contributed by atoms with E-state index in [1.165, 1.54) is 24.3 Å². The highest BCUT2D eigenvalue weighted by atomic mass is 19.1. The number of fused-ring (bicyclic) bond motifs is 2. The number of aromatic hydroxyl groups is 1. The lowest BCUT2D eigenvalue weighted by Crippen LogP contribution is -2.33. The molecule has 0 saturated carbocycles. The summed E-state index contributed by atoms with van der Waals surface area (Å²) >= 11 is 0. The summed E-state index contributed by atoms with van der Waals surface area (Å²) in [5, 5.41) is 12.6. The number of hydrogen-bond donors (Lipinski definition) is 3. The number of nitrogens with two attached hydrogens (primary N) is 1. The first-order chi connectivity index (χ1) is 17.7. The van der Waals surface area contributed by atoms with Gasteiger partial charge in [0.25, 0.3) is 0 Å². The zero-order valence-corrected chi connectivity index (χ0v) is 19.4. The molecule has 0 saturated heterocycles. The lowest BCUT2D eigenvalue weighted by Gasteiger charge is -2.23. The fourth-order valence-corrected chi connectivity index (χ4v) is 4.64. The second-order valence-electron chi connectivity index (χ2n) is 8.94. The highest BCUT2D eigenvalue weighted by Gasteiger charge is 2.48. The predicted octanol–water partition coefficient (Wildman–Crippen LogP) is 3.60. The maximum atomic E-state index is 13.7. The number of hydrogen-bond acceptors (Lipinski definition) is 7. The quantitative estimate of drug-likeness (QED) is 0.344. The second kappa shape index (κ2) is 8.05. The first kappa shape index (κ1) is 22.5. The Morgan fingerprint density at radius 3 is 2.65 bits per heavy atom. The predicted molar refractivity (Wildman–Crippen MR) is 131 cm³/mol. The number of rotatable bonds is 4. The summed E-state index contributed by atoms with van der Waals surface area (Å²) in [6, 6.07) is 9.80. The van der Waals surface area contributed by atoms with Crippen molar-refractivity contribution < 1.29 is 18.7 Å². The van der Waals surface area contributed by atoms with Gasteiger partial charge in [-0.15, -0.1) is 0 Å². The molecule has 2 aromatic carbocycles. The smallest absolute Gasteiger partial charge is 0.240 e. The molecule has 0 bridgehead atoms. The van der Waals surface area contributed by atoms with Crippen LogP contribution in [0.1, 0.15) is 29.3 Å². The van der Waals surface area contributed by atoms with Gasteiger partial charge in [0.15, 0.2) is 23.0 Å². The Labute approximate surface area is 208 Å². The Morgan fingerprint density at radius 2 is 1.89 bits per heavy atom. The van der Waals surface area contributed by atoms with Crippen molar-refractivity contribution in [2.24, 2.45) is 0 Å². The Morgan fingerprint density at radius 1 is 1.11 bits per heavy atom. The van der Waals surface area contributed by atoms with E-state index in [2.05, 4.69) is 20.3 Å². The molecule has 1 atom stereocenters. The van der Waals surface area contributed by atoms with Gasteiger partial charge in [-0.2, -0.15) is 0 Å². The molecule has 0 unspecified atom stereocenters. The number of anilines is 2. The molecular weight excluding hydrogens is 480 g/mol. The van der Waals surface area contributed by atoms with E-state index in [1.807, 2.05) is 0 Å². The Kier molecular flexibility index (Phi) is 4.90. The number of nitrogens with zero attached hydrogens (tertiary/aromatic N) is 5. The molecule has 0 aliphatic carbocycles. The van der Waals surface area contributed by atoms with Gasteiger partial charge in [-0.3, -0.25) is 4.79 Å². The van der Waals surface area contributed by atoms with Gasteiger partial charge in [0.05, 0.1) is 11.3 Å². The third-order valence-corrected chi connectivity index (χ3v) is 6.60. The first-order valence-corrected chi connectivity index (χ1v) is 11.3. The van der Waals surface area contributed by atoms with Gasteiger partial charge < -0.3 is 20.6 Å². The second-order valence-corrected chi connectivity index (χ2v) is 8.94. The molecule has 9 nitrogen and oxygen atoms in total. The molecule has 6 rings (SSSR count). The lowest BCUT2D eigenvalue weighted by molar-refractivity contribution is -0.119. The van der Waals surface area contributed by atoms with Crippen LogP contribution in [0.2, 0.25) is 0 Å². The average Bonchev–Trinajstić information content (AvgIpc) is 3.45. The molecule has 1 amide bonds. The molecule has 1 aliphatic rings. The fraction of sp³-hybridized carbons (Fsp3) is 0.115. The molecule has 4 N–H and O–H groups in total. The number of carbonyl (C=O) groups is 1. The molecule has 3 aromatic heterocycles. The maximum absolute atomic E-state index is 13.7. The minimum absolute atomic E-state index is 0.0391. The SMILES string of the molecule is C[C@]1(c2ccc(F)c(O)c2)C(=O)Nc2nc(-c3cn4ccnc4c(Cc4ccc(F)cc4)n3)nc(N)c21. The maximum Gasteiger partial charge on any atom is 0.240 e. The van der Waals surface area contributed by atoms with Gasteiger partial charge in [-0.25, -0.2) is 28.7 Å². The number of benzene rings is 2. The van der Waals surface area contributed by atoms with Crippen LogP contribution in [0.25, 0.3) is 17.2 Å². The number of amides is 1. The van der Waals surface area contributed by atoms with Crippen LogP contribution in [-0.2, 0) is 16.6 Å². The number of halogens is 2. The highest BCUT2D eigenvalue weighted by molar-refractivity contribution is 6.09. The first-order valence-electron chi connectivity index (χ1n) is 11.3. The summed E-state index contributed by atoms with van der Waals surface area (Å²) in [5.41, 5.74) is 8.14. The number of phenolic OH excluding ortho intramolecular Hbond substituents is 1. The van der Waals surface area contributed by atoms with Crippen molar-refractivity contribution >= 4 is 23.2 Å². The van der Waals surface area contributed by atoms with Crippen molar-refractivity contribution in [1.82, 2.24) is 24.3 Å². The molecule has 4 heterocycles. The molecule has 184 valence electrons. The van der Waals surface area contributed by atoms with Gasteiger partial charge in [0, 0.05) is 25.0 Å². The van der Waals surface area contributed by atoms with Crippen molar-refractivity contribution in [2.75, 3.05) is 11.1 Å². The minimum atomic E-state index is -1.35. The number of nitrogens with one attached hydrogen (secondary N) is 1. The van der Waals surface area contributed by atoms with Crippen LogP contribution < -0.4 is 11.1 Å². The van der Waals surface area contributed by atoms with Crippen LogP contribution in [-0.4, -0.2) is 35.4 Å². The van der Waals surface area contributed by atoms with Crippen molar-refractivity contribution in [2.45, 2.75) is 18.8 Å². The van der Waals surface area contributed by atoms with Gasteiger partial charge in [-0.1, -0.05) is 18.2 Å². The number of phenols is 1.